The number of rotatable bonds is 7. The Morgan fingerprint density at radius 2 is 1.72 bits per heavy atom. The Balaban J connectivity index is 1.44. The summed E-state index contributed by atoms with van der Waals surface area (Å²) in [7, 11) is 3.18. The van der Waals surface area contributed by atoms with Crippen LogP contribution in [0.3, 0.4) is 0 Å². The predicted molar refractivity (Wildman–Crippen MR) is 104 cm³/mol. The summed E-state index contributed by atoms with van der Waals surface area (Å²) in [6.45, 7) is 0. The zero-order chi connectivity index (χ0) is 20.2. The van der Waals surface area contributed by atoms with E-state index in [9.17, 15) is 4.39 Å². The van der Waals surface area contributed by atoms with Crippen molar-refractivity contribution in [2.45, 2.75) is 10.9 Å². The lowest BCUT2D eigenvalue weighted by atomic mass is 10.2. The van der Waals surface area contributed by atoms with Crippen LogP contribution >= 0.6 is 11.8 Å². The molecule has 0 atom stereocenters. The fourth-order valence-electron chi connectivity index (χ4n) is 2.53. The summed E-state index contributed by atoms with van der Waals surface area (Å²) in [4.78, 5) is 4.47. The number of hydrogen-bond acceptors (Lipinski definition) is 8. The number of H-pyrrole nitrogens is 1. The standard InChI is InChI=1S/C19H16FN5O3S/c1-26-14-7-12(8-15(9-14)27-2)17-21-19(25-23-17)29-10-16-22-24-18(28-16)11-3-5-13(20)6-4-11/h3-9H,10H2,1-2H3,(H,21,23,25). The Morgan fingerprint density at radius 1 is 1.00 bits per heavy atom. The minimum Gasteiger partial charge on any atom is -0.497 e. The average Bonchev–Trinajstić information content (AvgIpc) is 3.42. The van der Waals surface area contributed by atoms with Crippen LogP contribution in [0, 0.1) is 5.82 Å². The number of hydrogen-bond donors (Lipinski definition) is 1. The third kappa shape index (κ3) is 4.37. The molecule has 0 aliphatic carbocycles. The van der Waals surface area contributed by atoms with E-state index in [-0.39, 0.29) is 5.82 Å². The maximum absolute atomic E-state index is 13.0. The first-order valence-corrected chi connectivity index (χ1v) is 9.50. The summed E-state index contributed by atoms with van der Waals surface area (Å²) in [6, 6.07) is 11.3. The van der Waals surface area contributed by atoms with E-state index in [0.717, 1.165) is 5.56 Å². The number of aromatic amines is 1. The van der Waals surface area contributed by atoms with Crippen LogP contribution in [0.4, 0.5) is 4.39 Å². The molecule has 0 aliphatic rings. The Labute approximate surface area is 169 Å². The molecule has 29 heavy (non-hydrogen) atoms. The number of benzene rings is 2. The van der Waals surface area contributed by atoms with Crippen LogP contribution in [-0.4, -0.2) is 39.6 Å². The van der Waals surface area contributed by atoms with Gasteiger partial charge in [-0.1, -0.05) is 11.8 Å². The highest BCUT2D eigenvalue weighted by Gasteiger charge is 2.13. The summed E-state index contributed by atoms with van der Waals surface area (Å²) in [5.41, 5.74) is 1.44. The molecule has 0 saturated heterocycles. The number of methoxy groups -OCH3 is 2. The molecule has 1 N–H and O–H groups in total. The molecule has 0 radical (unpaired) electrons. The topological polar surface area (TPSA) is 99.0 Å². The summed E-state index contributed by atoms with van der Waals surface area (Å²) in [6.07, 6.45) is 0. The molecular weight excluding hydrogens is 397 g/mol. The molecule has 2 aromatic carbocycles. The highest BCUT2D eigenvalue weighted by molar-refractivity contribution is 7.98. The van der Waals surface area contributed by atoms with Gasteiger partial charge in [-0.3, -0.25) is 5.10 Å². The smallest absolute Gasteiger partial charge is 0.247 e. The minimum absolute atomic E-state index is 0.321. The van der Waals surface area contributed by atoms with Crippen molar-refractivity contribution in [1.29, 1.82) is 0 Å². The Morgan fingerprint density at radius 3 is 2.41 bits per heavy atom. The highest BCUT2D eigenvalue weighted by atomic mass is 32.2. The van der Waals surface area contributed by atoms with Crippen LogP contribution in [0.25, 0.3) is 22.8 Å². The molecule has 2 aromatic heterocycles. The lowest BCUT2D eigenvalue weighted by Crippen LogP contribution is -1.89. The summed E-state index contributed by atoms with van der Waals surface area (Å²) in [5.74, 6) is 2.73. The maximum Gasteiger partial charge on any atom is 0.247 e. The van der Waals surface area contributed by atoms with E-state index in [0.29, 0.717) is 45.6 Å². The van der Waals surface area contributed by atoms with Crippen LogP contribution in [0.1, 0.15) is 5.89 Å². The Hall–Kier alpha value is -3.40. The van der Waals surface area contributed by atoms with E-state index in [1.54, 1.807) is 32.4 Å². The molecular formula is C19H16FN5O3S. The van der Waals surface area contributed by atoms with Crippen LogP contribution < -0.4 is 9.47 Å². The van der Waals surface area contributed by atoms with Crippen LogP contribution in [-0.2, 0) is 5.75 Å². The largest absolute Gasteiger partial charge is 0.497 e. The number of aromatic nitrogens is 5. The van der Waals surface area contributed by atoms with Gasteiger partial charge in [0.15, 0.2) is 5.82 Å². The third-order valence-electron chi connectivity index (χ3n) is 3.97. The van der Waals surface area contributed by atoms with Crippen LogP contribution in [0.2, 0.25) is 0 Å². The number of halogens is 1. The van der Waals surface area contributed by atoms with Crippen LogP contribution in [0.15, 0.2) is 52.0 Å². The van der Waals surface area contributed by atoms with E-state index in [1.165, 1.54) is 23.9 Å². The number of ether oxygens (including phenoxy) is 2. The normalized spacial score (nSPS) is 10.9. The lowest BCUT2D eigenvalue weighted by molar-refractivity contribution is 0.394. The van der Waals surface area contributed by atoms with Gasteiger partial charge in [0.05, 0.1) is 20.0 Å². The van der Waals surface area contributed by atoms with Crippen LogP contribution in [0.5, 0.6) is 11.5 Å². The van der Waals surface area contributed by atoms with E-state index in [2.05, 4.69) is 25.4 Å². The maximum atomic E-state index is 13.0. The van der Waals surface area contributed by atoms with Gasteiger partial charge in [-0.25, -0.2) is 9.37 Å². The second-order valence-electron chi connectivity index (χ2n) is 5.86. The molecule has 4 rings (SSSR count). The first-order valence-electron chi connectivity index (χ1n) is 8.51. The molecule has 0 saturated carbocycles. The van der Waals surface area contributed by atoms with Gasteiger partial charge < -0.3 is 13.9 Å². The van der Waals surface area contributed by atoms with Crippen molar-refractivity contribution in [2.75, 3.05) is 14.2 Å². The minimum atomic E-state index is -0.321. The van der Waals surface area contributed by atoms with E-state index >= 15 is 0 Å². The quantitative estimate of drug-likeness (QED) is 0.455. The van der Waals surface area contributed by atoms with Gasteiger partial charge in [0.2, 0.25) is 16.9 Å². The van der Waals surface area contributed by atoms with Gasteiger partial charge in [-0.2, -0.15) is 0 Å². The fourth-order valence-corrected chi connectivity index (χ4v) is 3.17. The van der Waals surface area contributed by atoms with Crippen molar-refractivity contribution < 1.29 is 18.3 Å². The molecule has 0 spiro atoms. The molecule has 8 nitrogen and oxygen atoms in total. The van der Waals surface area contributed by atoms with Crippen molar-refractivity contribution in [1.82, 2.24) is 25.4 Å². The zero-order valence-electron chi connectivity index (χ0n) is 15.5. The van der Waals surface area contributed by atoms with Crippen molar-refractivity contribution in [3.63, 3.8) is 0 Å². The molecule has 0 unspecified atom stereocenters. The second-order valence-corrected chi connectivity index (χ2v) is 6.81. The fraction of sp³-hybridized carbons (Fsp3) is 0.158. The van der Waals surface area contributed by atoms with Gasteiger partial charge in [0.25, 0.3) is 0 Å². The Bertz CT molecular complexity index is 1090. The molecule has 0 aliphatic heterocycles. The van der Waals surface area contributed by atoms with Crippen molar-refractivity contribution in [3.05, 3.63) is 54.2 Å². The summed E-state index contributed by atoms with van der Waals surface area (Å²) < 4.78 is 29.2. The number of thioether (sulfide) groups is 1. The molecule has 0 bridgehead atoms. The van der Waals surface area contributed by atoms with Gasteiger partial charge in [-0.15, -0.1) is 15.3 Å². The first-order chi connectivity index (χ1) is 14.1. The molecule has 4 aromatic rings. The summed E-state index contributed by atoms with van der Waals surface area (Å²) >= 11 is 1.35. The SMILES string of the molecule is COc1cc(OC)cc(-c2nc(SCc3nnc(-c4ccc(F)cc4)o3)n[nH]2)c1. The van der Waals surface area contributed by atoms with Gasteiger partial charge in [-0.05, 0) is 36.4 Å². The lowest BCUT2D eigenvalue weighted by Gasteiger charge is -2.06. The van der Waals surface area contributed by atoms with Gasteiger partial charge in [0, 0.05) is 17.2 Å². The Kier molecular flexibility index (Phi) is 5.43. The predicted octanol–water partition coefficient (Wildman–Crippen LogP) is 3.97. The highest BCUT2D eigenvalue weighted by Crippen LogP contribution is 2.29. The second kappa shape index (κ2) is 8.31. The van der Waals surface area contributed by atoms with E-state index < -0.39 is 0 Å². The first kappa shape index (κ1) is 18.9. The third-order valence-corrected chi connectivity index (χ3v) is 4.80. The zero-order valence-corrected chi connectivity index (χ0v) is 16.4. The summed E-state index contributed by atoms with van der Waals surface area (Å²) in [5, 5.41) is 15.6. The molecule has 0 fully saturated rings. The molecule has 148 valence electrons. The molecule has 10 heteroatoms. The average molecular weight is 413 g/mol. The molecule has 2 heterocycles. The van der Waals surface area contributed by atoms with Crippen molar-refractivity contribution >= 4 is 11.8 Å². The van der Waals surface area contributed by atoms with Crippen molar-refractivity contribution in [2.24, 2.45) is 0 Å². The molecule has 0 amide bonds. The van der Waals surface area contributed by atoms with Gasteiger partial charge >= 0.3 is 0 Å². The number of nitrogens with one attached hydrogen (secondary N) is 1. The van der Waals surface area contributed by atoms with Gasteiger partial charge in [0.1, 0.15) is 17.3 Å². The van der Waals surface area contributed by atoms with E-state index in [1.807, 2.05) is 12.1 Å². The van der Waals surface area contributed by atoms with E-state index in [4.69, 9.17) is 13.9 Å². The van der Waals surface area contributed by atoms with Crippen molar-refractivity contribution in [3.8, 4) is 34.3 Å². The monoisotopic (exact) mass is 413 g/mol. The number of nitrogens with zero attached hydrogens (tertiary/aromatic N) is 4.